The highest BCUT2D eigenvalue weighted by Crippen LogP contribution is 2.29. The summed E-state index contributed by atoms with van der Waals surface area (Å²) >= 11 is 0. The number of nitrogens with zero attached hydrogens (tertiary/aromatic N) is 2. The van der Waals surface area contributed by atoms with Gasteiger partial charge in [-0.1, -0.05) is 30.3 Å². The third kappa shape index (κ3) is 6.57. The minimum atomic E-state index is -0.885. The third-order valence-corrected chi connectivity index (χ3v) is 6.94. The van der Waals surface area contributed by atoms with Gasteiger partial charge in [-0.25, -0.2) is 9.37 Å². The number of halogens is 1. The second-order valence-corrected chi connectivity index (χ2v) is 9.37. The number of H-pyrrole nitrogens is 1. The number of allylic oxidation sites excluding steroid dienone is 4. The Labute approximate surface area is 203 Å². The predicted octanol–water partition coefficient (Wildman–Crippen LogP) is 6.46. The van der Waals surface area contributed by atoms with Crippen molar-refractivity contribution >= 4 is 11.3 Å². The van der Waals surface area contributed by atoms with Crippen molar-refractivity contribution in [1.82, 2.24) is 14.9 Å². The number of hydrogen-bond donors (Lipinski definition) is 2. The van der Waals surface area contributed by atoms with Crippen LogP contribution in [-0.2, 0) is 6.42 Å². The van der Waals surface area contributed by atoms with Crippen LogP contribution in [0.5, 0.6) is 0 Å². The number of anilines is 1. The van der Waals surface area contributed by atoms with E-state index < -0.39 is 6.17 Å². The molecule has 4 nitrogen and oxygen atoms in total. The first-order chi connectivity index (χ1) is 16.6. The molecule has 0 radical (unpaired) electrons. The van der Waals surface area contributed by atoms with Gasteiger partial charge in [-0.05, 0) is 99.6 Å². The first kappa shape index (κ1) is 24.2. The molecule has 1 aromatic carbocycles. The SMILES string of the molecule is CNc1cccc(C2CCN(CCCc3cccccnc(C4=CCC(F)C(C)=C4)[nH]3)CC2)c1. The summed E-state index contributed by atoms with van der Waals surface area (Å²) in [6.07, 6.45) is 9.65. The minimum Gasteiger partial charge on any atom is -0.388 e. The smallest absolute Gasteiger partial charge is 0.137 e. The normalized spacial score (nSPS) is 19.2. The van der Waals surface area contributed by atoms with E-state index in [1.807, 2.05) is 38.3 Å². The molecule has 1 saturated heterocycles. The van der Waals surface area contributed by atoms with Crippen LogP contribution in [0, 0.1) is 0 Å². The van der Waals surface area contributed by atoms with Gasteiger partial charge in [-0.15, -0.1) is 0 Å². The Bertz CT molecular complexity index is 1060. The highest BCUT2D eigenvalue weighted by atomic mass is 19.1. The fourth-order valence-corrected chi connectivity index (χ4v) is 4.83. The van der Waals surface area contributed by atoms with Crippen molar-refractivity contribution in [3.8, 4) is 0 Å². The summed E-state index contributed by atoms with van der Waals surface area (Å²) < 4.78 is 13.9. The number of nitrogens with one attached hydrogen (secondary N) is 2. The number of aromatic nitrogens is 2. The van der Waals surface area contributed by atoms with Gasteiger partial charge in [0.1, 0.15) is 12.0 Å². The van der Waals surface area contributed by atoms with Crippen LogP contribution >= 0.6 is 0 Å². The number of aromatic amines is 1. The van der Waals surface area contributed by atoms with Crippen molar-refractivity contribution in [3.63, 3.8) is 0 Å². The van der Waals surface area contributed by atoms with Crippen LogP contribution in [0.3, 0.4) is 0 Å². The van der Waals surface area contributed by atoms with E-state index in [0.717, 1.165) is 55.1 Å². The highest BCUT2D eigenvalue weighted by molar-refractivity contribution is 5.71. The van der Waals surface area contributed by atoms with E-state index in [9.17, 15) is 4.39 Å². The van der Waals surface area contributed by atoms with Crippen LogP contribution in [0.25, 0.3) is 5.57 Å². The average molecular weight is 461 g/mol. The topological polar surface area (TPSA) is 44.0 Å². The van der Waals surface area contributed by atoms with Crippen LogP contribution in [0.15, 0.2) is 72.5 Å². The van der Waals surface area contributed by atoms with Gasteiger partial charge in [0, 0.05) is 36.6 Å². The average Bonchev–Trinajstić information content (AvgIpc) is 2.98. The van der Waals surface area contributed by atoms with Crippen molar-refractivity contribution in [2.24, 2.45) is 0 Å². The Morgan fingerprint density at radius 3 is 2.76 bits per heavy atom. The predicted molar refractivity (Wildman–Crippen MR) is 140 cm³/mol. The third-order valence-electron chi connectivity index (χ3n) is 6.94. The Morgan fingerprint density at radius 1 is 1.12 bits per heavy atom. The zero-order chi connectivity index (χ0) is 23.8. The van der Waals surface area contributed by atoms with Crippen molar-refractivity contribution in [2.75, 3.05) is 32.0 Å². The maximum atomic E-state index is 13.9. The number of likely N-dealkylation sites (tertiary alicyclic amines) is 1. The van der Waals surface area contributed by atoms with Crippen LogP contribution in [0.4, 0.5) is 10.1 Å². The van der Waals surface area contributed by atoms with E-state index >= 15 is 0 Å². The summed E-state index contributed by atoms with van der Waals surface area (Å²) in [5, 5.41) is 3.25. The van der Waals surface area contributed by atoms with Gasteiger partial charge in [0.2, 0.25) is 0 Å². The summed E-state index contributed by atoms with van der Waals surface area (Å²) in [7, 11) is 1.98. The lowest BCUT2D eigenvalue weighted by Gasteiger charge is -2.32. The van der Waals surface area contributed by atoms with Crippen LogP contribution < -0.4 is 5.32 Å². The van der Waals surface area contributed by atoms with Crippen molar-refractivity contribution in [1.29, 1.82) is 0 Å². The molecule has 0 spiro atoms. The van der Waals surface area contributed by atoms with Gasteiger partial charge in [0.15, 0.2) is 0 Å². The second kappa shape index (κ2) is 12.0. The van der Waals surface area contributed by atoms with Gasteiger partial charge in [-0.2, -0.15) is 0 Å². The molecule has 5 heteroatoms. The van der Waals surface area contributed by atoms with Gasteiger partial charge < -0.3 is 15.2 Å². The van der Waals surface area contributed by atoms with E-state index in [1.165, 1.54) is 24.1 Å². The van der Waals surface area contributed by atoms with E-state index in [0.29, 0.717) is 12.3 Å². The Kier molecular flexibility index (Phi) is 8.53. The molecule has 2 heterocycles. The lowest BCUT2D eigenvalue weighted by molar-refractivity contribution is 0.210. The zero-order valence-electron chi connectivity index (χ0n) is 20.4. The fourth-order valence-electron chi connectivity index (χ4n) is 4.83. The van der Waals surface area contributed by atoms with Crippen LogP contribution in [-0.4, -0.2) is 47.7 Å². The fraction of sp³-hybridized carbons (Fsp3) is 0.414. The van der Waals surface area contributed by atoms with E-state index in [2.05, 4.69) is 56.6 Å². The molecule has 0 amide bonds. The van der Waals surface area contributed by atoms with Crippen LogP contribution in [0.2, 0.25) is 0 Å². The summed E-state index contributed by atoms with van der Waals surface area (Å²) in [5.74, 6) is 1.45. The summed E-state index contributed by atoms with van der Waals surface area (Å²) in [6, 6.07) is 16.9. The van der Waals surface area contributed by atoms with Gasteiger partial charge >= 0.3 is 0 Å². The minimum absolute atomic E-state index is 0.411. The zero-order valence-corrected chi connectivity index (χ0v) is 20.4. The second-order valence-electron chi connectivity index (χ2n) is 9.37. The molecule has 1 aliphatic heterocycles. The molecule has 0 saturated carbocycles. The molecule has 180 valence electrons. The molecule has 1 fully saturated rings. The summed E-state index contributed by atoms with van der Waals surface area (Å²) in [4.78, 5) is 10.7. The molecule has 1 aromatic heterocycles. The van der Waals surface area contributed by atoms with E-state index in [1.54, 1.807) is 6.20 Å². The number of rotatable bonds is 7. The molecule has 4 rings (SSSR count). The molecular formula is C29H37FN4. The molecule has 0 bridgehead atoms. The summed E-state index contributed by atoms with van der Waals surface area (Å²) in [6.45, 7) is 5.25. The number of alkyl halides is 1. The molecule has 34 heavy (non-hydrogen) atoms. The largest absolute Gasteiger partial charge is 0.388 e. The number of hydrogen-bond acceptors (Lipinski definition) is 3. The molecule has 1 unspecified atom stereocenters. The molecule has 2 aromatic rings. The Balaban J connectivity index is 1.34. The van der Waals surface area contributed by atoms with Crippen LogP contribution in [0.1, 0.15) is 55.6 Å². The van der Waals surface area contributed by atoms with Crippen molar-refractivity contribution in [3.05, 3.63) is 89.5 Å². The first-order valence-corrected chi connectivity index (χ1v) is 12.5. The standard InChI is InChI=1S/C29H37FN4/c1-22-20-25(12-13-28(22)30)29-32-16-5-3-4-9-26(33-29)11-7-17-34-18-14-23(15-19-34)24-8-6-10-27(21-24)31-2/h3-6,8-10,12,16,20-21,23,28,31H,7,11,13-15,17-19H2,1-2H3,(H,32,33). The summed E-state index contributed by atoms with van der Waals surface area (Å²) in [5.41, 5.74) is 5.52. The van der Waals surface area contributed by atoms with Gasteiger partial charge in [0.05, 0.1) is 0 Å². The Hall–Kier alpha value is -2.92. The lowest BCUT2D eigenvalue weighted by Crippen LogP contribution is -2.33. The molecule has 1 atom stereocenters. The van der Waals surface area contributed by atoms with Crippen molar-refractivity contribution in [2.45, 2.75) is 51.1 Å². The number of aryl methyl sites for hydroxylation is 1. The lowest BCUT2D eigenvalue weighted by atomic mass is 9.89. The number of piperidine rings is 1. The molecule has 2 aliphatic rings. The molecule has 2 N–H and O–H groups in total. The molecular weight excluding hydrogens is 423 g/mol. The maximum absolute atomic E-state index is 13.9. The van der Waals surface area contributed by atoms with Gasteiger partial charge in [0.25, 0.3) is 0 Å². The highest BCUT2D eigenvalue weighted by Gasteiger charge is 2.20. The monoisotopic (exact) mass is 460 g/mol. The quantitative estimate of drug-likeness (QED) is 0.498. The number of benzene rings is 1. The van der Waals surface area contributed by atoms with E-state index in [-0.39, 0.29) is 0 Å². The van der Waals surface area contributed by atoms with E-state index in [4.69, 9.17) is 0 Å². The van der Waals surface area contributed by atoms with Crippen molar-refractivity contribution < 1.29 is 4.39 Å². The van der Waals surface area contributed by atoms with Gasteiger partial charge in [-0.3, -0.25) is 0 Å². The Morgan fingerprint density at radius 2 is 1.97 bits per heavy atom. The maximum Gasteiger partial charge on any atom is 0.137 e. The first-order valence-electron chi connectivity index (χ1n) is 12.5. The molecule has 1 aliphatic carbocycles.